The maximum absolute atomic E-state index is 4.38. The van der Waals surface area contributed by atoms with Crippen molar-refractivity contribution in [2.45, 2.75) is 20.8 Å². The average Bonchev–Trinajstić information content (AvgIpc) is 2.88. The molecule has 0 amide bonds. The van der Waals surface area contributed by atoms with Crippen molar-refractivity contribution >= 4 is 52.1 Å². The second kappa shape index (κ2) is 11.9. The fraction of sp³-hybridized carbons (Fsp3) is 0.100. The van der Waals surface area contributed by atoms with Crippen LogP contribution in [0.1, 0.15) is 16.7 Å². The normalized spacial score (nSPS) is 9.75. The van der Waals surface area contributed by atoms with Gasteiger partial charge in [0, 0.05) is 0 Å². The first-order valence-electron chi connectivity index (χ1n) is 11.4. The molecule has 0 spiro atoms. The Morgan fingerprint density at radius 1 is 0.417 bits per heavy atom. The van der Waals surface area contributed by atoms with Crippen molar-refractivity contribution in [3.8, 4) is 0 Å². The van der Waals surface area contributed by atoms with Crippen LogP contribution in [0.3, 0.4) is 0 Å². The number of rotatable bonds is 6. The van der Waals surface area contributed by atoms with Gasteiger partial charge < -0.3 is 0 Å². The maximum Gasteiger partial charge on any atom is 0.100 e. The van der Waals surface area contributed by atoms with E-state index < -0.39 is 0 Å². The van der Waals surface area contributed by atoms with E-state index in [1.165, 1.54) is 11.1 Å². The molecule has 0 aliphatic rings. The molecule has 0 atom stereocenters. The highest BCUT2D eigenvalue weighted by atomic mass is 14.9. The maximum atomic E-state index is 4.38. The molecule has 0 aromatic heterocycles. The minimum Gasteiger partial charge on any atom is -0.188 e. The Hall–Kier alpha value is -4.98. The summed E-state index contributed by atoms with van der Waals surface area (Å²) in [6.45, 7) is 6.04. The van der Waals surface area contributed by atoms with Crippen LogP contribution in [0.15, 0.2) is 121 Å². The van der Waals surface area contributed by atoms with Gasteiger partial charge in [-0.2, -0.15) is 30.0 Å². The molecular weight excluding hydrogens is 444 g/mol. The van der Waals surface area contributed by atoms with Gasteiger partial charge in [-0.1, -0.05) is 47.5 Å². The van der Waals surface area contributed by atoms with Crippen LogP contribution in [0.25, 0.3) is 0 Å². The molecule has 6 heteroatoms. The zero-order chi connectivity index (χ0) is 25.2. The van der Waals surface area contributed by atoms with Gasteiger partial charge in [0.15, 0.2) is 0 Å². The van der Waals surface area contributed by atoms with Gasteiger partial charge in [0.2, 0.25) is 0 Å². The van der Waals surface area contributed by atoms with Gasteiger partial charge in [-0.15, -0.1) is 0 Å². The van der Waals surface area contributed by atoms with Crippen LogP contribution in [0.5, 0.6) is 0 Å². The first-order chi connectivity index (χ1) is 17.5. The number of aryl methyl sites for hydroxylation is 3. The van der Waals surface area contributed by atoms with Crippen LogP contribution in [0.2, 0.25) is 0 Å². The van der Waals surface area contributed by atoms with Crippen molar-refractivity contribution in [3.63, 3.8) is 0 Å². The third-order valence-corrected chi connectivity index (χ3v) is 5.16. The quantitative estimate of drug-likeness (QED) is 0.253. The topological polar surface area (TPSA) is 74.2 Å². The van der Waals surface area contributed by atoms with E-state index in [0.29, 0.717) is 17.1 Å². The number of hydrogen-bond donors (Lipinski definition) is 0. The number of hydrogen-bond acceptors (Lipinski definition) is 6. The van der Waals surface area contributed by atoms with Crippen molar-refractivity contribution in [1.82, 2.24) is 0 Å². The fourth-order valence-corrected chi connectivity index (χ4v) is 3.08. The summed E-state index contributed by atoms with van der Waals surface area (Å²) < 4.78 is 0. The van der Waals surface area contributed by atoms with Gasteiger partial charge in [-0.05, 0) is 80.9 Å². The monoisotopic (exact) mass is 468 g/mol. The van der Waals surface area contributed by atoms with Gasteiger partial charge in [0.05, 0.1) is 34.1 Å². The summed E-state index contributed by atoms with van der Waals surface area (Å²) in [6.07, 6.45) is 0. The van der Waals surface area contributed by atoms with E-state index in [1.54, 1.807) is 0 Å². The molecule has 0 heterocycles. The highest BCUT2D eigenvalue weighted by Crippen LogP contribution is 2.25. The second-order valence-electron chi connectivity index (χ2n) is 8.13. The third-order valence-electron chi connectivity index (χ3n) is 5.16. The molecule has 0 saturated heterocycles. The molecule has 4 aromatic rings. The Kier molecular flexibility index (Phi) is 8.01. The summed E-state index contributed by atoms with van der Waals surface area (Å²) in [5.74, 6) is 0. The Labute approximate surface area is 210 Å². The van der Waals surface area contributed by atoms with Crippen LogP contribution in [0.4, 0.5) is 34.1 Å². The lowest BCUT2D eigenvalue weighted by Gasteiger charge is -1.98. The Balaban J connectivity index is 1.48. The molecule has 0 fully saturated rings. The zero-order valence-corrected chi connectivity index (χ0v) is 20.3. The van der Waals surface area contributed by atoms with E-state index in [0.717, 1.165) is 22.6 Å². The van der Waals surface area contributed by atoms with Crippen molar-refractivity contribution in [1.29, 1.82) is 0 Å². The van der Waals surface area contributed by atoms with E-state index >= 15 is 0 Å². The summed E-state index contributed by atoms with van der Waals surface area (Å²) in [6, 6.07) is 37.0. The molecule has 0 unspecified atom stereocenters. The van der Waals surface area contributed by atoms with E-state index in [-0.39, 0.29) is 0 Å². The van der Waals surface area contributed by atoms with Crippen molar-refractivity contribution in [3.05, 3.63) is 108 Å². The molecule has 0 bridgehead atoms. The molecule has 6 nitrogen and oxygen atoms in total. The third kappa shape index (κ3) is 7.26. The zero-order valence-electron chi connectivity index (χ0n) is 20.3. The van der Waals surface area contributed by atoms with E-state index in [1.807, 2.05) is 112 Å². The largest absolute Gasteiger partial charge is 0.188 e. The highest BCUT2D eigenvalue weighted by molar-refractivity contribution is 5.67. The van der Waals surface area contributed by atoms with Crippen molar-refractivity contribution in [2.24, 2.45) is 30.0 Å². The lowest BCUT2D eigenvalue weighted by Crippen LogP contribution is -1.74. The van der Waals surface area contributed by atoms with Crippen LogP contribution < -0.4 is 0 Å². The predicted octanol–water partition coefficient (Wildman–Crippen LogP) is 9.02. The molecular formula is C30H24N6. The SMILES string of the molecule is Cc1ccc(N=C=Nc2cccc(N=C=Nc3cc(N=C=Nc4ccc(C)cc4)ccc3C)c2)cc1. The van der Waals surface area contributed by atoms with Crippen LogP contribution in [-0.4, -0.2) is 18.0 Å². The first-order valence-corrected chi connectivity index (χ1v) is 11.4. The highest BCUT2D eigenvalue weighted by Gasteiger charge is 1.98. The lowest BCUT2D eigenvalue weighted by molar-refractivity contribution is 1.38. The molecule has 0 aliphatic heterocycles. The van der Waals surface area contributed by atoms with Gasteiger partial charge >= 0.3 is 0 Å². The van der Waals surface area contributed by atoms with E-state index in [4.69, 9.17) is 0 Å². The van der Waals surface area contributed by atoms with Crippen LogP contribution in [-0.2, 0) is 0 Å². The van der Waals surface area contributed by atoms with Gasteiger partial charge in [0.25, 0.3) is 0 Å². The number of aliphatic imine (C=N–C) groups is 6. The Morgan fingerprint density at radius 3 is 1.36 bits per heavy atom. The Bertz CT molecular complexity index is 1540. The number of benzene rings is 4. The predicted molar refractivity (Wildman–Crippen MR) is 148 cm³/mol. The van der Waals surface area contributed by atoms with Gasteiger partial charge in [-0.25, -0.2) is 0 Å². The Morgan fingerprint density at radius 2 is 0.833 bits per heavy atom. The minimum atomic E-state index is 0.675. The molecule has 4 rings (SSSR count). The first kappa shape index (κ1) is 24.2. The van der Waals surface area contributed by atoms with E-state index in [9.17, 15) is 0 Å². The van der Waals surface area contributed by atoms with Crippen LogP contribution in [0, 0.1) is 20.8 Å². The van der Waals surface area contributed by atoms with Crippen molar-refractivity contribution < 1.29 is 0 Å². The summed E-state index contributed by atoms with van der Waals surface area (Å²) >= 11 is 0. The second-order valence-corrected chi connectivity index (χ2v) is 8.13. The molecule has 0 aliphatic carbocycles. The smallest absolute Gasteiger partial charge is 0.100 e. The molecule has 0 N–H and O–H groups in total. The summed E-state index contributed by atoms with van der Waals surface area (Å²) in [5.41, 5.74) is 7.72. The van der Waals surface area contributed by atoms with E-state index in [2.05, 4.69) is 48.0 Å². The van der Waals surface area contributed by atoms with Gasteiger partial charge in [0.1, 0.15) is 18.0 Å². The summed E-state index contributed by atoms with van der Waals surface area (Å²) in [4.78, 5) is 25.7. The van der Waals surface area contributed by atoms with Crippen LogP contribution >= 0.6 is 0 Å². The standard InChI is InChI=1S/C30H24N6/c1-22-7-12-25(13-8-22)31-19-33-27-5-4-6-28(17-27)35-21-36-30-18-29(16-11-24(30)3)34-20-32-26-14-9-23(2)10-15-26/h4-18H,1-3H3. The lowest BCUT2D eigenvalue weighted by atomic mass is 10.2. The molecule has 0 saturated carbocycles. The minimum absolute atomic E-state index is 0.675. The average molecular weight is 469 g/mol. The van der Waals surface area contributed by atoms with Gasteiger partial charge in [-0.3, -0.25) is 0 Å². The molecule has 174 valence electrons. The molecule has 0 radical (unpaired) electrons. The fourth-order valence-electron chi connectivity index (χ4n) is 3.08. The number of nitrogens with zero attached hydrogens (tertiary/aromatic N) is 6. The summed E-state index contributed by atoms with van der Waals surface area (Å²) in [7, 11) is 0. The molecule has 36 heavy (non-hydrogen) atoms. The summed E-state index contributed by atoms with van der Waals surface area (Å²) in [5, 5.41) is 0. The van der Waals surface area contributed by atoms with Crippen molar-refractivity contribution in [2.75, 3.05) is 0 Å². The molecule has 4 aromatic carbocycles.